The molecule has 2 aliphatic heterocycles. The van der Waals surface area contributed by atoms with Gasteiger partial charge in [-0.25, -0.2) is 0 Å². The number of benzene rings is 4. The number of methoxy groups -OCH3 is 2. The van der Waals surface area contributed by atoms with Gasteiger partial charge in [-0.1, -0.05) is 48.5 Å². The molecule has 2 saturated heterocycles. The van der Waals surface area contributed by atoms with E-state index in [9.17, 15) is 10.2 Å². The summed E-state index contributed by atoms with van der Waals surface area (Å²) in [6.07, 6.45) is -1.24. The highest BCUT2D eigenvalue weighted by Gasteiger charge is 2.23. The van der Waals surface area contributed by atoms with Gasteiger partial charge in [0.1, 0.15) is 48.4 Å². The lowest BCUT2D eigenvalue weighted by Gasteiger charge is -2.37. The first-order valence-corrected chi connectivity index (χ1v) is 16.9. The average Bonchev–Trinajstić information content (AvgIpc) is 3.14. The fraction of sp³-hybridized carbons (Fsp3) is 0.421. The smallest absolute Gasteiger partial charge is 0.142 e. The van der Waals surface area contributed by atoms with Crippen LogP contribution >= 0.6 is 0 Å². The lowest BCUT2D eigenvalue weighted by Crippen LogP contribution is -2.49. The molecule has 2 unspecified atom stereocenters. The highest BCUT2D eigenvalue weighted by molar-refractivity contribution is 5.93. The maximum Gasteiger partial charge on any atom is 0.142 e. The number of anilines is 2. The predicted octanol–water partition coefficient (Wildman–Crippen LogP) is 3.98. The normalized spacial score (nSPS) is 17.2. The predicted molar refractivity (Wildman–Crippen MR) is 190 cm³/mol. The Balaban J connectivity index is 0.961. The van der Waals surface area contributed by atoms with Gasteiger partial charge in [-0.15, -0.1) is 0 Å². The van der Waals surface area contributed by atoms with Crippen molar-refractivity contribution in [3.8, 4) is 23.0 Å². The molecule has 10 nitrogen and oxygen atoms in total. The van der Waals surface area contributed by atoms with E-state index in [0.29, 0.717) is 24.6 Å². The van der Waals surface area contributed by atoms with Crippen LogP contribution in [0.2, 0.25) is 0 Å². The summed E-state index contributed by atoms with van der Waals surface area (Å²) in [5.74, 6) is 3.17. The molecule has 0 saturated carbocycles. The highest BCUT2D eigenvalue weighted by Crippen LogP contribution is 2.34. The first-order chi connectivity index (χ1) is 23.5. The van der Waals surface area contributed by atoms with E-state index in [1.54, 1.807) is 14.2 Å². The second kappa shape index (κ2) is 16.3. The summed E-state index contributed by atoms with van der Waals surface area (Å²) in [7, 11) is 3.41. The molecule has 2 atom stereocenters. The molecule has 10 heteroatoms. The molecule has 2 N–H and O–H groups in total. The number of aliphatic hydroxyl groups is 2. The van der Waals surface area contributed by atoms with E-state index in [2.05, 4.69) is 31.7 Å². The van der Waals surface area contributed by atoms with Crippen LogP contribution in [0.1, 0.15) is 0 Å². The minimum atomic E-state index is -0.621. The van der Waals surface area contributed by atoms with Crippen molar-refractivity contribution in [3.63, 3.8) is 0 Å². The van der Waals surface area contributed by atoms with Gasteiger partial charge in [0.05, 0.1) is 25.6 Å². The molecule has 0 aliphatic carbocycles. The zero-order chi connectivity index (χ0) is 33.3. The first kappa shape index (κ1) is 33.7. The Morgan fingerprint density at radius 3 is 1.27 bits per heavy atom. The van der Waals surface area contributed by atoms with E-state index in [1.165, 1.54) is 0 Å². The largest absolute Gasteiger partial charge is 0.495 e. The van der Waals surface area contributed by atoms with Crippen LogP contribution < -0.4 is 28.7 Å². The van der Waals surface area contributed by atoms with Gasteiger partial charge in [0.15, 0.2) is 0 Å². The first-order valence-electron chi connectivity index (χ1n) is 16.9. The summed E-state index contributed by atoms with van der Waals surface area (Å²) >= 11 is 0. The van der Waals surface area contributed by atoms with Crippen molar-refractivity contribution >= 4 is 22.1 Å². The summed E-state index contributed by atoms with van der Waals surface area (Å²) in [4.78, 5) is 9.22. The van der Waals surface area contributed by atoms with Crippen LogP contribution in [0.15, 0.2) is 84.9 Å². The van der Waals surface area contributed by atoms with Crippen LogP contribution in [-0.2, 0) is 0 Å². The van der Waals surface area contributed by atoms with Crippen molar-refractivity contribution in [2.75, 3.05) is 103 Å². The monoisotopic (exact) mass is 656 g/mol. The maximum atomic E-state index is 10.9. The fourth-order valence-corrected chi connectivity index (χ4v) is 6.69. The number of aliphatic hydroxyl groups excluding tert-OH is 2. The number of para-hydroxylation sites is 4. The van der Waals surface area contributed by atoms with Crippen molar-refractivity contribution in [2.24, 2.45) is 0 Å². The van der Waals surface area contributed by atoms with E-state index in [4.69, 9.17) is 18.9 Å². The average molecular weight is 657 g/mol. The number of ether oxygens (including phenoxy) is 4. The second-order valence-corrected chi connectivity index (χ2v) is 12.5. The highest BCUT2D eigenvalue weighted by atomic mass is 16.5. The Bertz CT molecular complexity index is 1490. The molecule has 256 valence electrons. The summed E-state index contributed by atoms with van der Waals surface area (Å²) in [6.45, 7) is 8.39. The topological polar surface area (TPSA) is 90.3 Å². The molecule has 2 aliphatic rings. The van der Waals surface area contributed by atoms with Gasteiger partial charge >= 0.3 is 0 Å². The van der Waals surface area contributed by atoms with Crippen molar-refractivity contribution in [1.29, 1.82) is 0 Å². The van der Waals surface area contributed by atoms with E-state index in [-0.39, 0.29) is 13.2 Å². The third kappa shape index (κ3) is 8.25. The van der Waals surface area contributed by atoms with Crippen LogP contribution in [0.5, 0.6) is 23.0 Å². The number of nitrogens with zero attached hydrogens (tertiary/aromatic N) is 4. The van der Waals surface area contributed by atoms with Crippen molar-refractivity contribution in [1.82, 2.24) is 9.80 Å². The van der Waals surface area contributed by atoms with Gasteiger partial charge in [0, 0.05) is 76.2 Å². The van der Waals surface area contributed by atoms with E-state index in [0.717, 1.165) is 86.0 Å². The number of rotatable bonds is 14. The lowest BCUT2D eigenvalue weighted by atomic mass is 10.1. The van der Waals surface area contributed by atoms with Gasteiger partial charge in [-0.05, 0) is 36.4 Å². The molecule has 48 heavy (non-hydrogen) atoms. The van der Waals surface area contributed by atoms with Crippen LogP contribution in [0.3, 0.4) is 0 Å². The zero-order valence-corrected chi connectivity index (χ0v) is 28.0. The van der Waals surface area contributed by atoms with Gasteiger partial charge in [0.2, 0.25) is 0 Å². The molecule has 0 amide bonds. The molecular weight excluding hydrogens is 608 g/mol. The zero-order valence-electron chi connectivity index (χ0n) is 28.0. The Labute approximate surface area is 283 Å². The Morgan fingerprint density at radius 1 is 0.500 bits per heavy atom. The molecule has 0 spiro atoms. The molecule has 4 aromatic carbocycles. The summed E-state index contributed by atoms with van der Waals surface area (Å²) in [6, 6.07) is 27.9. The third-order valence-corrected chi connectivity index (χ3v) is 9.24. The van der Waals surface area contributed by atoms with Gasteiger partial charge < -0.3 is 39.0 Å². The molecule has 0 aromatic heterocycles. The molecule has 4 aromatic rings. The fourth-order valence-electron chi connectivity index (χ4n) is 6.69. The summed E-state index contributed by atoms with van der Waals surface area (Å²) in [5.41, 5.74) is 2.22. The van der Waals surface area contributed by atoms with Crippen molar-refractivity contribution in [3.05, 3.63) is 84.9 Å². The SMILES string of the molecule is COc1ccccc1N1CCN(CC(O)COc2ccc(OCC(O)CN3CCN(c4ccccc4OC)CC3)c3ccccc23)CC1. The minimum Gasteiger partial charge on any atom is -0.495 e. The van der Waals surface area contributed by atoms with Crippen LogP contribution in [0, 0.1) is 0 Å². The quantitative estimate of drug-likeness (QED) is 0.208. The Kier molecular flexibility index (Phi) is 11.4. The number of piperazine rings is 2. The van der Waals surface area contributed by atoms with Crippen LogP contribution in [-0.4, -0.2) is 125 Å². The number of fused-ring (bicyclic) bond motifs is 1. The molecule has 0 radical (unpaired) electrons. The van der Waals surface area contributed by atoms with Crippen LogP contribution in [0.25, 0.3) is 10.8 Å². The minimum absolute atomic E-state index is 0.194. The Morgan fingerprint density at radius 2 is 0.875 bits per heavy atom. The third-order valence-electron chi connectivity index (χ3n) is 9.24. The summed E-state index contributed by atoms with van der Waals surface area (Å²) < 4.78 is 23.4. The molecule has 2 fully saturated rings. The van der Waals surface area contributed by atoms with E-state index < -0.39 is 12.2 Å². The number of hydrogen-bond acceptors (Lipinski definition) is 10. The van der Waals surface area contributed by atoms with Crippen molar-refractivity contribution < 1.29 is 29.2 Å². The van der Waals surface area contributed by atoms with E-state index in [1.807, 2.05) is 72.8 Å². The molecular formula is C38H48N4O6. The number of hydrogen-bond donors (Lipinski definition) is 2. The molecule has 6 rings (SSSR count). The van der Waals surface area contributed by atoms with Crippen LogP contribution in [0.4, 0.5) is 11.4 Å². The van der Waals surface area contributed by atoms with Gasteiger partial charge in [-0.3, -0.25) is 9.80 Å². The summed E-state index contributed by atoms with van der Waals surface area (Å²) in [5, 5.41) is 23.6. The molecule has 2 heterocycles. The number of β-amino-alcohol motifs (C(OH)–C–C–N with tert-alkyl or cyclic N) is 2. The Hall–Kier alpha value is -4.22. The molecule has 0 bridgehead atoms. The van der Waals surface area contributed by atoms with Crippen molar-refractivity contribution in [2.45, 2.75) is 12.2 Å². The van der Waals surface area contributed by atoms with Gasteiger partial charge in [-0.2, -0.15) is 0 Å². The lowest BCUT2D eigenvalue weighted by molar-refractivity contribution is 0.0657. The maximum absolute atomic E-state index is 10.9. The van der Waals surface area contributed by atoms with E-state index >= 15 is 0 Å². The van der Waals surface area contributed by atoms with Gasteiger partial charge in [0.25, 0.3) is 0 Å². The standard InChI is InChI=1S/C38H48N4O6/c1-45-37-13-7-5-11-33(37)41-21-17-39(18-22-41)25-29(43)27-47-35-15-16-36(32-10-4-3-9-31(32)35)48-28-30(44)26-40-19-23-42(24-20-40)34-12-6-8-14-38(34)46-2/h3-16,29-30,43-44H,17-28H2,1-2H3. The second-order valence-electron chi connectivity index (χ2n) is 12.5.